The number of hydrogen-bond donors (Lipinski definition) is 0. The summed E-state index contributed by atoms with van der Waals surface area (Å²) in [6, 6.07) is 10.6. The van der Waals surface area contributed by atoms with Crippen molar-refractivity contribution in [2.24, 2.45) is 0 Å². The highest BCUT2D eigenvalue weighted by molar-refractivity contribution is 8.18. The molecule has 122 valence electrons. The van der Waals surface area contributed by atoms with Gasteiger partial charge < -0.3 is 0 Å². The quantitative estimate of drug-likeness (QED) is 0.670. The molecule has 24 heavy (non-hydrogen) atoms. The first-order chi connectivity index (χ1) is 11.5. The first-order valence-corrected chi connectivity index (χ1v) is 8.47. The zero-order chi connectivity index (χ0) is 17.3. The maximum atomic E-state index is 12.9. The Labute approximate surface area is 152 Å². The van der Waals surface area contributed by atoms with E-state index in [2.05, 4.69) is 0 Å². The van der Waals surface area contributed by atoms with Gasteiger partial charge in [0.25, 0.3) is 11.1 Å². The Morgan fingerprint density at radius 3 is 2.29 bits per heavy atom. The summed E-state index contributed by atoms with van der Waals surface area (Å²) in [6.45, 7) is 0.00390. The lowest BCUT2D eigenvalue weighted by Gasteiger charge is -2.14. The van der Waals surface area contributed by atoms with E-state index in [9.17, 15) is 14.0 Å². The first kappa shape index (κ1) is 17.0. The van der Waals surface area contributed by atoms with Gasteiger partial charge in [-0.1, -0.05) is 41.4 Å². The van der Waals surface area contributed by atoms with Gasteiger partial charge in [-0.15, -0.1) is 0 Å². The van der Waals surface area contributed by atoms with E-state index in [4.69, 9.17) is 23.2 Å². The van der Waals surface area contributed by atoms with Crippen LogP contribution >= 0.6 is 35.0 Å². The Morgan fingerprint density at radius 2 is 1.67 bits per heavy atom. The van der Waals surface area contributed by atoms with Gasteiger partial charge in [0.05, 0.1) is 11.4 Å². The number of rotatable bonds is 3. The number of imide groups is 1. The summed E-state index contributed by atoms with van der Waals surface area (Å²) in [5.41, 5.74) is 1.16. The van der Waals surface area contributed by atoms with Crippen molar-refractivity contribution >= 4 is 52.2 Å². The van der Waals surface area contributed by atoms with Gasteiger partial charge in [0.1, 0.15) is 5.82 Å². The second kappa shape index (κ2) is 6.97. The Kier molecular flexibility index (Phi) is 4.94. The molecule has 0 bridgehead atoms. The topological polar surface area (TPSA) is 37.4 Å². The number of carbonyl (C=O) groups is 2. The maximum Gasteiger partial charge on any atom is 0.293 e. The molecule has 0 aliphatic carbocycles. The van der Waals surface area contributed by atoms with Crippen molar-refractivity contribution in [1.82, 2.24) is 4.90 Å². The highest BCUT2D eigenvalue weighted by Gasteiger charge is 2.35. The van der Waals surface area contributed by atoms with Crippen LogP contribution < -0.4 is 0 Å². The van der Waals surface area contributed by atoms with Crippen LogP contribution in [0.25, 0.3) is 6.08 Å². The van der Waals surface area contributed by atoms with Crippen LogP contribution in [0.15, 0.2) is 47.4 Å². The van der Waals surface area contributed by atoms with Crippen molar-refractivity contribution in [1.29, 1.82) is 0 Å². The van der Waals surface area contributed by atoms with Crippen molar-refractivity contribution in [3.63, 3.8) is 0 Å². The predicted octanol–water partition coefficient (Wildman–Crippen LogP) is 5.37. The SMILES string of the molecule is O=C1S/C(=C\c2ccc(F)cc2)C(=O)N1Cc1c(Cl)cccc1Cl. The van der Waals surface area contributed by atoms with Crippen molar-refractivity contribution < 1.29 is 14.0 Å². The third-order valence-electron chi connectivity index (χ3n) is 3.42. The molecule has 2 aromatic carbocycles. The van der Waals surface area contributed by atoms with Crippen LogP contribution in [0.1, 0.15) is 11.1 Å². The van der Waals surface area contributed by atoms with E-state index in [0.717, 1.165) is 16.7 Å². The summed E-state index contributed by atoms with van der Waals surface area (Å²) in [7, 11) is 0. The van der Waals surface area contributed by atoms with Crippen LogP contribution in [0.2, 0.25) is 10.0 Å². The molecule has 2 amide bonds. The number of carbonyl (C=O) groups excluding carboxylic acids is 2. The predicted molar refractivity (Wildman–Crippen MR) is 94.4 cm³/mol. The van der Waals surface area contributed by atoms with Gasteiger partial charge in [0.15, 0.2) is 0 Å². The number of amides is 2. The minimum atomic E-state index is -0.426. The average Bonchev–Trinajstić information content (AvgIpc) is 2.80. The van der Waals surface area contributed by atoms with Gasteiger partial charge in [-0.2, -0.15) is 0 Å². The van der Waals surface area contributed by atoms with Crippen LogP contribution in [0.4, 0.5) is 9.18 Å². The molecule has 7 heteroatoms. The van der Waals surface area contributed by atoms with Gasteiger partial charge in [-0.3, -0.25) is 14.5 Å². The minimum Gasteiger partial charge on any atom is -0.268 e. The molecule has 3 rings (SSSR count). The number of nitrogens with zero attached hydrogens (tertiary/aromatic N) is 1. The Bertz CT molecular complexity index is 832. The molecule has 1 heterocycles. The van der Waals surface area contributed by atoms with Crippen LogP contribution in [-0.2, 0) is 11.3 Å². The van der Waals surface area contributed by atoms with Crippen LogP contribution in [-0.4, -0.2) is 16.0 Å². The fourth-order valence-electron chi connectivity index (χ4n) is 2.19. The molecule has 1 aliphatic heterocycles. The number of halogens is 3. The summed E-state index contributed by atoms with van der Waals surface area (Å²) >= 11 is 13.0. The van der Waals surface area contributed by atoms with Gasteiger partial charge in [-0.25, -0.2) is 4.39 Å². The van der Waals surface area contributed by atoms with Crippen molar-refractivity contribution in [3.05, 3.63) is 74.4 Å². The molecule has 1 saturated heterocycles. The summed E-state index contributed by atoms with van der Waals surface area (Å²) in [5, 5.41) is 0.387. The highest BCUT2D eigenvalue weighted by atomic mass is 35.5. The molecule has 2 aromatic rings. The van der Waals surface area contributed by atoms with Crippen molar-refractivity contribution in [3.8, 4) is 0 Å². The normalized spacial score (nSPS) is 16.3. The Hall–Kier alpha value is -1.82. The molecule has 0 atom stereocenters. The molecule has 3 nitrogen and oxygen atoms in total. The average molecular weight is 382 g/mol. The molecule has 0 unspecified atom stereocenters. The number of hydrogen-bond acceptors (Lipinski definition) is 3. The van der Waals surface area contributed by atoms with E-state index >= 15 is 0 Å². The van der Waals surface area contributed by atoms with Gasteiger partial charge in [-0.05, 0) is 47.7 Å². The molecule has 0 N–H and O–H groups in total. The summed E-state index contributed by atoms with van der Waals surface area (Å²) < 4.78 is 12.9. The van der Waals surface area contributed by atoms with Gasteiger partial charge >= 0.3 is 0 Å². The van der Waals surface area contributed by atoms with E-state index in [1.54, 1.807) is 24.3 Å². The second-order valence-corrected chi connectivity index (χ2v) is 6.83. The molecular weight excluding hydrogens is 372 g/mol. The van der Waals surface area contributed by atoms with Crippen LogP contribution in [0.5, 0.6) is 0 Å². The smallest absolute Gasteiger partial charge is 0.268 e. The monoisotopic (exact) mass is 381 g/mol. The Morgan fingerprint density at radius 1 is 1.04 bits per heavy atom. The lowest BCUT2D eigenvalue weighted by Crippen LogP contribution is -2.27. The third-order valence-corrected chi connectivity index (χ3v) is 5.03. The van der Waals surface area contributed by atoms with E-state index in [0.29, 0.717) is 21.2 Å². The van der Waals surface area contributed by atoms with Gasteiger partial charge in [0.2, 0.25) is 0 Å². The van der Waals surface area contributed by atoms with E-state index < -0.39 is 11.1 Å². The Balaban J connectivity index is 1.85. The molecular formula is C17H10Cl2FNO2S. The molecule has 0 aromatic heterocycles. The first-order valence-electron chi connectivity index (χ1n) is 6.89. The van der Waals surface area contributed by atoms with Crippen molar-refractivity contribution in [2.45, 2.75) is 6.54 Å². The largest absolute Gasteiger partial charge is 0.293 e. The van der Waals surface area contributed by atoms with Crippen LogP contribution in [0.3, 0.4) is 0 Å². The summed E-state index contributed by atoms with van der Waals surface area (Å²) in [5.74, 6) is -0.793. The zero-order valence-electron chi connectivity index (χ0n) is 12.1. The summed E-state index contributed by atoms with van der Waals surface area (Å²) in [6.07, 6.45) is 1.55. The minimum absolute atomic E-state index is 0.00390. The standard InChI is InChI=1S/C17H10Cl2FNO2S/c18-13-2-1-3-14(19)12(13)9-21-16(22)15(24-17(21)23)8-10-4-6-11(20)7-5-10/h1-8H,9H2/b15-8-. The van der Waals surface area contributed by atoms with Crippen molar-refractivity contribution in [2.75, 3.05) is 0 Å². The molecule has 0 spiro atoms. The lowest BCUT2D eigenvalue weighted by molar-refractivity contribution is -0.123. The molecule has 1 fully saturated rings. The third kappa shape index (κ3) is 3.48. The van der Waals surface area contributed by atoms with E-state index in [1.807, 2.05) is 0 Å². The zero-order valence-corrected chi connectivity index (χ0v) is 14.5. The van der Waals surface area contributed by atoms with Gasteiger partial charge in [0, 0.05) is 15.6 Å². The van der Waals surface area contributed by atoms with E-state index in [1.165, 1.54) is 24.3 Å². The van der Waals surface area contributed by atoms with E-state index in [-0.39, 0.29) is 17.3 Å². The molecule has 0 radical (unpaired) electrons. The molecule has 0 saturated carbocycles. The fourth-order valence-corrected chi connectivity index (χ4v) is 3.54. The molecule has 1 aliphatic rings. The number of thioether (sulfide) groups is 1. The maximum absolute atomic E-state index is 12.9. The summed E-state index contributed by atoms with van der Waals surface area (Å²) in [4.78, 5) is 26.0. The highest BCUT2D eigenvalue weighted by Crippen LogP contribution is 2.35. The van der Waals surface area contributed by atoms with Crippen LogP contribution in [0, 0.1) is 5.82 Å². The lowest BCUT2D eigenvalue weighted by atomic mass is 10.2. The second-order valence-electron chi connectivity index (χ2n) is 5.02. The number of benzene rings is 2. The fraction of sp³-hybridized carbons (Fsp3) is 0.0588.